The molecular formula is C15H11N3O3S. The van der Waals surface area contributed by atoms with Gasteiger partial charge >= 0.3 is 0 Å². The zero-order valence-corrected chi connectivity index (χ0v) is 12.4. The van der Waals surface area contributed by atoms with Crippen LogP contribution in [0.4, 0.5) is 5.69 Å². The molecule has 6 nitrogen and oxygen atoms in total. The molecule has 0 aliphatic carbocycles. The molecule has 0 aliphatic rings. The summed E-state index contributed by atoms with van der Waals surface area (Å²) in [7, 11) is 1.76. The Morgan fingerprint density at radius 3 is 2.59 bits per heavy atom. The number of nitro benzene ring substituents is 1. The van der Waals surface area contributed by atoms with Crippen LogP contribution in [0.1, 0.15) is 0 Å². The molecule has 2 aromatic carbocycles. The van der Waals surface area contributed by atoms with Crippen molar-refractivity contribution >= 4 is 28.8 Å². The lowest BCUT2D eigenvalue weighted by Gasteiger charge is -2.12. The van der Waals surface area contributed by atoms with Crippen LogP contribution in [-0.4, -0.2) is 14.1 Å². The quantitative estimate of drug-likeness (QED) is 0.414. The van der Waals surface area contributed by atoms with Crippen LogP contribution in [-0.2, 0) is 7.05 Å². The second-order valence-corrected chi connectivity index (χ2v) is 5.14. The average molecular weight is 313 g/mol. The van der Waals surface area contributed by atoms with Crippen LogP contribution >= 0.6 is 12.2 Å². The Bertz CT molecular complexity index is 1020. The number of nitrogens with zero attached hydrogens (tertiary/aromatic N) is 3. The normalized spacial score (nSPS) is 10.8. The molecule has 0 fully saturated rings. The number of aryl methyl sites for hydroxylation is 1. The maximum absolute atomic E-state index is 12.7. The molecule has 1 heterocycles. The van der Waals surface area contributed by atoms with Crippen molar-refractivity contribution in [3.05, 3.63) is 73.8 Å². The first kappa shape index (κ1) is 14.2. The van der Waals surface area contributed by atoms with Crippen molar-refractivity contribution in [1.82, 2.24) is 9.13 Å². The second kappa shape index (κ2) is 5.19. The molecule has 0 saturated carbocycles. The Hall–Kier alpha value is -2.80. The Morgan fingerprint density at radius 1 is 1.14 bits per heavy atom. The minimum Gasteiger partial charge on any atom is -0.320 e. The summed E-state index contributed by atoms with van der Waals surface area (Å²) in [4.78, 5) is 23.1. The van der Waals surface area contributed by atoms with Crippen LogP contribution in [0, 0.1) is 14.9 Å². The number of non-ortho nitro benzene ring substituents is 1. The van der Waals surface area contributed by atoms with E-state index in [1.807, 2.05) is 12.1 Å². The van der Waals surface area contributed by atoms with Gasteiger partial charge in [0, 0.05) is 19.2 Å². The zero-order valence-electron chi connectivity index (χ0n) is 11.6. The van der Waals surface area contributed by atoms with Crippen molar-refractivity contribution in [2.75, 3.05) is 0 Å². The Morgan fingerprint density at radius 2 is 1.86 bits per heavy atom. The lowest BCUT2D eigenvalue weighted by atomic mass is 10.2. The Kier molecular flexibility index (Phi) is 3.34. The van der Waals surface area contributed by atoms with E-state index >= 15 is 0 Å². The SMILES string of the molecule is Cn1c(=S)n(-c2cccc([N+](=O)[O-])c2)c(=O)c2ccccc21. The van der Waals surface area contributed by atoms with Gasteiger partial charge in [0.05, 0.1) is 21.5 Å². The molecule has 0 N–H and O–H groups in total. The van der Waals surface area contributed by atoms with E-state index in [-0.39, 0.29) is 16.0 Å². The molecule has 1 aromatic heterocycles. The molecule has 3 rings (SSSR count). The number of para-hydroxylation sites is 1. The summed E-state index contributed by atoms with van der Waals surface area (Å²) in [5, 5.41) is 11.4. The van der Waals surface area contributed by atoms with Crippen molar-refractivity contribution in [3.8, 4) is 5.69 Å². The molecule has 0 spiro atoms. The van der Waals surface area contributed by atoms with Gasteiger partial charge in [-0.3, -0.25) is 19.5 Å². The third-order valence-electron chi connectivity index (χ3n) is 3.48. The van der Waals surface area contributed by atoms with E-state index in [9.17, 15) is 14.9 Å². The maximum atomic E-state index is 12.7. The third kappa shape index (κ3) is 2.11. The first-order valence-corrected chi connectivity index (χ1v) is 6.87. The van der Waals surface area contributed by atoms with Gasteiger partial charge in [0.25, 0.3) is 11.2 Å². The maximum Gasteiger partial charge on any atom is 0.271 e. The topological polar surface area (TPSA) is 70.1 Å². The number of nitro groups is 1. The van der Waals surface area contributed by atoms with Gasteiger partial charge in [-0.25, -0.2) is 0 Å². The van der Waals surface area contributed by atoms with Gasteiger partial charge in [-0.2, -0.15) is 0 Å². The minimum atomic E-state index is -0.501. The zero-order chi connectivity index (χ0) is 15.9. The van der Waals surface area contributed by atoms with Gasteiger partial charge in [-0.15, -0.1) is 0 Å². The van der Waals surface area contributed by atoms with Gasteiger partial charge in [0.15, 0.2) is 4.77 Å². The van der Waals surface area contributed by atoms with E-state index < -0.39 is 4.92 Å². The van der Waals surface area contributed by atoms with Crippen molar-refractivity contribution in [2.45, 2.75) is 0 Å². The summed E-state index contributed by atoms with van der Waals surface area (Å²) >= 11 is 5.36. The van der Waals surface area contributed by atoms with Crippen LogP contribution in [0.5, 0.6) is 0 Å². The molecule has 0 amide bonds. The fourth-order valence-electron chi connectivity index (χ4n) is 2.38. The predicted octanol–water partition coefficient (Wildman–Crippen LogP) is 2.97. The van der Waals surface area contributed by atoms with Crippen molar-refractivity contribution in [1.29, 1.82) is 0 Å². The lowest BCUT2D eigenvalue weighted by molar-refractivity contribution is -0.384. The molecule has 7 heteroatoms. The molecule has 0 saturated heterocycles. The molecule has 0 atom stereocenters. The van der Waals surface area contributed by atoms with E-state index in [0.29, 0.717) is 11.1 Å². The number of aromatic nitrogens is 2. The summed E-state index contributed by atoms with van der Waals surface area (Å²) in [5.41, 5.74) is 0.721. The number of hydrogen-bond acceptors (Lipinski definition) is 4. The second-order valence-electron chi connectivity index (χ2n) is 4.78. The summed E-state index contributed by atoms with van der Waals surface area (Å²) < 4.78 is 3.31. The molecule has 110 valence electrons. The van der Waals surface area contributed by atoms with E-state index in [4.69, 9.17) is 12.2 Å². The standard InChI is InChI=1S/C15H11N3O3S/c1-16-13-8-3-2-7-12(13)14(19)17(15(16)22)10-5-4-6-11(9-10)18(20)21/h2-9H,1H3. The van der Waals surface area contributed by atoms with E-state index in [0.717, 1.165) is 5.52 Å². The van der Waals surface area contributed by atoms with Crippen LogP contribution in [0.15, 0.2) is 53.3 Å². The van der Waals surface area contributed by atoms with Gasteiger partial charge in [0.1, 0.15) is 0 Å². The third-order valence-corrected chi connectivity index (χ3v) is 3.93. The summed E-state index contributed by atoms with van der Waals surface area (Å²) in [6, 6.07) is 13.0. The molecule has 22 heavy (non-hydrogen) atoms. The Labute approximate surface area is 130 Å². The van der Waals surface area contributed by atoms with Crippen LogP contribution in [0.3, 0.4) is 0 Å². The highest BCUT2D eigenvalue weighted by Crippen LogP contribution is 2.18. The van der Waals surface area contributed by atoms with E-state index in [2.05, 4.69) is 0 Å². The fourth-order valence-corrected chi connectivity index (χ4v) is 2.67. The van der Waals surface area contributed by atoms with Gasteiger partial charge in [-0.1, -0.05) is 18.2 Å². The fraction of sp³-hybridized carbons (Fsp3) is 0.0667. The molecule has 3 aromatic rings. The highest BCUT2D eigenvalue weighted by Gasteiger charge is 2.12. The first-order chi connectivity index (χ1) is 10.5. The minimum absolute atomic E-state index is 0.0883. The molecule has 0 radical (unpaired) electrons. The van der Waals surface area contributed by atoms with E-state index in [1.165, 1.54) is 22.8 Å². The number of hydrogen-bond donors (Lipinski definition) is 0. The van der Waals surface area contributed by atoms with Crippen LogP contribution in [0.25, 0.3) is 16.6 Å². The summed E-state index contributed by atoms with van der Waals surface area (Å²) in [5.74, 6) is 0. The van der Waals surface area contributed by atoms with E-state index in [1.54, 1.807) is 29.8 Å². The molecule has 0 aliphatic heterocycles. The highest BCUT2D eigenvalue weighted by atomic mass is 32.1. The van der Waals surface area contributed by atoms with Crippen molar-refractivity contribution in [3.63, 3.8) is 0 Å². The first-order valence-electron chi connectivity index (χ1n) is 6.46. The predicted molar refractivity (Wildman–Crippen MR) is 86.0 cm³/mol. The van der Waals surface area contributed by atoms with Gasteiger partial charge < -0.3 is 4.57 Å². The number of benzene rings is 2. The van der Waals surface area contributed by atoms with Gasteiger partial charge in [-0.05, 0) is 30.4 Å². The number of fused-ring (bicyclic) bond motifs is 1. The van der Waals surface area contributed by atoms with Crippen molar-refractivity contribution in [2.24, 2.45) is 7.05 Å². The summed E-state index contributed by atoms with van der Waals surface area (Å²) in [6.07, 6.45) is 0. The smallest absolute Gasteiger partial charge is 0.271 e. The van der Waals surface area contributed by atoms with Gasteiger partial charge in [0.2, 0.25) is 0 Å². The molecule has 0 bridgehead atoms. The largest absolute Gasteiger partial charge is 0.320 e. The van der Waals surface area contributed by atoms with Crippen LogP contribution < -0.4 is 5.56 Å². The molecular weight excluding hydrogens is 302 g/mol. The Balaban J connectivity index is 2.42. The summed E-state index contributed by atoms with van der Waals surface area (Å²) in [6.45, 7) is 0. The monoisotopic (exact) mass is 313 g/mol. The van der Waals surface area contributed by atoms with Crippen LogP contribution in [0.2, 0.25) is 0 Å². The van der Waals surface area contributed by atoms with Crippen molar-refractivity contribution < 1.29 is 4.92 Å². The number of rotatable bonds is 2. The molecule has 0 unspecified atom stereocenters. The highest BCUT2D eigenvalue weighted by molar-refractivity contribution is 7.71. The lowest BCUT2D eigenvalue weighted by Crippen LogP contribution is -2.23. The average Bonchev–Trinajstić information content (AvgIpc) is 2.53.